The highest BCUT2D eigenvalue weighted by Crippen LogP contribution is 2.38. The number of ether oxygens (including phenoxy) is 1. The smallest absolute Gasteiger partial charge is 0.410 e. The fourth-order valence-electron chi connectivity index (χ4n) is 2.40. The van der Waals surface area contributed by atoms with Crippen LogP contribution in [0.15, 0.2) is 0 Å². The molecule has 0 radical (unpaired) electrons. The Hall–Kier alpha value is -0.593. The first kappa shape index (κ1) is 20.5. The highest BCUT2D eigenvalue weighted by molar-refractivity contribution is 6.74. The van der Waals surface area contributed by atoms with Crippen molar-refractivity contribution in [2.45, 2.75) is 83.8 Å². The molecule has 1 aliphatic rings. The second-order valence-corrected chi connectivity index (χ2v) is 13.8. The molecule has 2 atom stereocenters. The van der Waals surface area contributed by atoms with Crippen molar-refractivity contribution in [3.63, 3.8) is 0 Å². The van der Waals surface area contributed by atoms with E-state index in [-0.39, 0.29) is 23.3 Å². The molecule has 5 nitrogen and oxygen atoms in total. The van der Waals surface area contributed by atoms with Crippen molar-refractivity contribution >= 4 is 14.4 Å². The summed E-state index contributed by atoms with van der Waals surface area (Å²) in [5.74, 6) is 0. The number of rotatable bonds is 3. The molecule has 136 valence electrons. The highest BCUT2D eigenvalue weighted by Gasteiger charge is 2.43. The van der Waals surface area contributed by atoms with Gasteiger partial charge in [0.15, 0.2) is 8.32 Å². The molecule has 2 unspecified atom stereocenters. The number of likely N-dealkylation sites (N-methyl/N-ethyl adjacent to an activating group) is 1. The van der Waals surface area contributed by atoms with Gasteiger partial charge in [-0.3, -0.25) is 0 Å². The molecule has 23 heavy (non-hydrogen) atoms. The van der Waals surface area contributed by atoms with Crippen LogP contribution in [0, 0.1) is 0 Å². The topological polar surface area (TPSA) is 50.8 Å². The molecule has 1 aliphatic heterocycles. The Morgan fingerprint density at radius 1 is 1.17 bits per heavy atom. The molecule has 0 spiro atoms. The van der Waals surface area contributed by atoms with Crippen LogP contribution in [0.1, 0.15) is 48.0 Å². The summed E-state index contributed by atoms with van der Waals surface area (Å²) in [6.45, 7) is 18.6. The minimum atomic E-state index is -1.88. The summed E-state index contributed by atoms with van der Waals surface area (Å²) in [5, 5.41) is 3.55. The van der Waals surface area contributed by atoms with Gasteiger partial charge in [0, 0.05) is 13.6 Å². The molecule has 6 heteroatoms. The first-order valence-corrected chi connectivity index (χ1v) is 11.5. The number of nitrogens with one attached hydrogen (secondary N) is 1. The zero-order valence-electron chi connectivity index (χ0n) is 16.4. The van der Waals surface area contributed by atoms with E-state index in [1.807, 2.05) is 27.8 Å². The summed E-state index contributed by atoms with van der Waals surface area (Å²) >= 11 is 0. The third kappa shape index (κ3) is 5.76. The van der Waals surface area contributed by atoms with E-state index in [0.29, 0.717) is 0 Å². The first-order valence-electron chi connectivity index (χ1n) is 8.59. The number of nitrogens with zero attached hydrogens (tertiary/aromatic N) is 1. The number of carbonyl (C=O) groups is 1. The molecule has 1 heterocycles. The van der Waals surface area contributed by atoms with E-state index in [0.717, 1.165) is 19.5 Å². The Morgan fingerprint density at radius 2 is 1.74 bits per heavy atom. The summed E-state index contributed by atoms with van der Waals surface area (Å²) in [7, 11) is -0.0549. The van der Waals surface area contributed by atoms with Crippen molar-refractivity contribution in [3.8, 4) is 0 Å². The van der Waals surface area contributed by atoms with Gasteiger partial charge in [-0.2, -0.15) is 0 Å². The fourth-order valence-corrected chi connectivity index (χ4v) is 3.75. The standard InChI is InChI=1S/C17H36N2O3Si/c1-16(2,3)21-15(20)19(7)13-10-11-18-12-14(13)22-23(8,9)17(4,5)6/h13-14,18H,10-12H2,1-9H3. The van der Waals surface area contributed by atoms with Crippen molar-refractivity contribution in [3.05, 3.63) is 0 Å². The quantitative estimate of drug-likeness (QED) is 0.795. The van der Waals surface area contributed by atoms with Crippen LogP contribution < -0.4 is 5.32 Å². The van der Waals surface area contributed by atoms with E-state index in [1.54, 1.807) is 4.90 Å². The number of carbonyl (C=O) groups excluding carboxylic acids is 1. The number of hydrogen-bond donors (Lipinski definition) is 1. The van der Waals surface area contributed by atoms with Gasteiger partial charge < -0.3 is 19.4 Å². The summed E-state index contributed by atoms with van der Waals surface area (Å²) < 4.78 is 12.1. The molecule has 1 fully saturated rings. The highest BCUT2D eigenvalue weighted by atomic mass is 28.4. The summed E-state index contributed by atoms with van der Waals surface area (Å²) in [6, 6.07) is 0.0558. The van der Waals surface area contributed by atoms with Crippen molar-refractivity contribution in [1.82, 2.24) is 10.2 Å². The molecule has 0 aliphatic carbocycles. The van der Waals surface area contributed by atoms with Crippen LogP contribution in [-0.2, 0) is 9.16 Å². The molecule has 1 amide bonds. The summed E-state index contributed by atoms with van der Waals surface area (Å²) in [6.07, 6.45) is 0.630. The third-order valence-corrected chi connectivity index (χ3v) is 9.33. The van der Waals surface area contributed by atoms with Crippen LogP contribution in [0.5, 0.6) is 0 Å². The molecule has 1 saturated heterocycles. The van der Waals surface area contributed by atoms with Gasteiger partial charge in [-0.15, -0.1) is 0 Å². The van der Waals surface area contributed by atoms with Crippen LogP contribution in [0.3, 0.4) is 0 Å². The Balaban J connectivity index is 2.84. The van der Waals surface area contributed by atoms with E-state index >= 15 is 0 Å². The summed E-state index contributed by atoms with van der Waals surface area (Å²) in [4.78, 5) is 14.1. The van der Waals surface area contributed by atoms with Crippen molar-refractivity contribution in [2.75, 3.05) is 20.1 Å². The SMILES string of the molecule is CN(C(=O)OC(C)(C)C)C1CCNCC1O[Si](C)(C)C(C)(C)C. The maximum Gasteiger partial charge on any atom is 0.410 e. The van der Waals surface area contributed by atoms with Crippen LogP contribution >= 0.6 is 0 Å². The molecule has 1 N–H and O–H groups in total. The maximum absolute atomic E-state index is 12.4. The van der Waals surface area contributed by atoms with Crippen molar-refractivity contribution < 1.29 is 14.0 Å². The van der Waals surface area contributed by atoms with Crippen LogP contribution in [0.2, 0.25) is 18.1 Å². The minimum absolute atomic E-state index is 0.0159. The van der Waals surface area contributed by atoms with Crippen LogP contribution in [0.25, 0.3) is 0 Å². The average molecular weight is 345 g/mol. The van der Waals surface area contributed by atoms with Gasteiger partial charge >= 0.3 is 6.09 Å². The van der Waals surface area contributed by atoms with Gasteiger partial charge in [-0.25, -0.2) is 4.79 Å². The van der Waals surface area contributed by atoms with Gasteiger partial charge in [-0.05, 0) is 51.9 Å². The second-order valence-electron chi connectivity index (χ2n) is 9.07. The molecule has 0 bridgehead atoms. The zero-order chi connectivity index (χ0) is 18.1. The monoisotopic (exact) mass is 344 g/mol. The average Bonchev–Trinajstić information content (AvgIpc) is 2.34. The summed E-state index contributed by atoms with van der Waals surface area (Å²) in [5.41, 5.74) is -0.478. The predicted molar refractivity (Wildman–Crippen MR) is 97.3 cm³/mol. The van der Waals surface area contributed by atoms with Crippen LogP contribution in [-0.4, -0.2) is 57.2 Å². The molecule has 1 rings (SSSR count). The Bertz CT molecular complexity index is 413. The zero-order valence-corrected chi connectivity index (χ0v) is 17.4. The predicted octanol–water partition coefficient (Wildman–Crippen LogP) is 3.61. The van der Waals surface area contributed by atoms with Crippen LogP contribution in [0.4, 0.5) is 4.79 Å². The number of amides is 1. The number of hydrogen-bond acceptors (Lipinski definition) is 4. The Labute approximate surface area is 143 Å². The Kier molecular flexibility index (Phi) is 6.32. The first-order chi connectivity index (χ1) is 10.2. The minimum Gasteiger partial charge on any atom is -0.444 e. The van der Waals surface area contributed by atoms with Gasteiger partial charge in [0.1, 0.15) is 5.60 Å². The fraction of sp³-hybridized carbons (Fsp3) is 0.941. The van der Waals surface area contributed by atoms with Crippen molar-refractivity contribution in [1.29, 1.82) is 0 Å². The molecule has 0 aromatic rings. The van der Waals surface area contributed by atoms with Gasteiger partial charge in [0.05, 0.1) is 12.1 Å². The maximum atomic E-state index is 12.4. The normalized spacial score (nSPS) is 23.5. The largest absolute Gasteiger partial charge is 0.444 e. The van der Waals surface area contributed by atoms with E-state index < -0.39 is 13.9 Å². The van der Waals surface area contributed by atoms with E-state index in [1.165, 1.54) is 0 Å². The van der Waals surface area contributed by atoms with E-state index in [4.69, 9.17) is 9.16 Å². The lowest BCUT2D eigenvalue weighted by molar-refractivity contribution is -0.00182. The van der Waals surface area contributed by atoms with Crippen molar-refractivity contribution in [2.24, 2.45) is 0 Å². The molecule has 0 aromatic heterocycles. The second kappa shape index (κ2) is 7.11. The van der Waals surface area contributed by atoms with Gasteiger partial charge in [0.25, 0.3) is 0 Å². The molecular formula is C17H36N2O3Si. The molecular weight excluding hydrogens is 308 g/mol. The van der Waals surface area contributed by atoms with Gasteiger partial charge in [0.2, 0.25) is 0 Å². The van der Waals surface area contributed by atoms with E-state index in [9.17, 15) is 4.79 Å². The third-order valence-electron chi connectivity index (χ3n) is 4.82. The van der Waals surface area contributed by atoms with Gasteiger partial charge in [-0.1, -0.05) is 20.8 Å². The lowest BCUT2D eigenvalue weighted by Crippen LogP contribution is -2.58. The molecule has 0 saturated carbocycles. The molecule has 0 aromatic carbocycles. The van der Waals surface area contributed by atoms with E-state index in [2.05, 4.69) is 39.2 Å². The Morgan fingerprint density at radius 3 is 2.22 bits per heavy atom. The number of piperidine rings is 1. The lowest BCUT2D eigenvalue weighted by Gasteiger charge is -2.45. The lowest BCUT2D eigenvalue weighted by atomic mass is 10.0.